The SMILES string of the molecule is CCCCCCCCCCCCCCCOCC(O)CN(CC(O)COCCCCCCCCCCCCCCC)c1ccc(O)cc1. The van der Waals surface area contributed by atoms with E-state index in [1.165, 1.54) is 154 Å². The predicted molar refractivity (Wildman–Crippen MR) is 205 cm³/mol. The van der Waals surface area contributed by atoms with E-state index in [1.54, 1.807) is 12.1 Å². The summed E-state index contributed by atoms with van der Waals surface area (Å²) in [6.07, 6.45) is 33.1. The van der Waals surface area contributed by atoms with Crippen LogP contribution in [0, 0.1) is 0 Å². The third-order valence-electron chi connectivity index (χ3n) is 9.48. The van der Waals surface area contributed by atoms with Crippen LogP contribution < -0.4 is 4.90 Å². The lowest BCUT2D eigenvalue weighted by Crippen LogP contribution is -2.41. The zero-order valence-corrected chi connectivity index (χ0v) is 31.7. The standard InChI is InChI=1S/C42H79NO5/c1-3-5-7-9-11-13-15-17-19-21-23-25-27-33-47-37-41(45)35-43(39-29-31-40(44)32-30-39)36-42(46)38-48-34-28-26-24-22-20-18-16-14-12-10-8-6-4-2/h29-32,41-42,44-46H,3-28,33-38H2,1-2H3. The molecule has 0 amide bonds. The molecule has 0 saturated carbocycles. The Hall–Kier alpha value is -1.34. The minimum Gasteiger partial charge on any atom is -0.508 e. The summed E-state index contributed by atoms with van der Waals surface area (Å²) in [5.41, 5.74) is 0.846. The number of anilines is 1. The fourth-order valence-corrected chi connectivity index (χ4v) is 6.45. The normalized spacial score (nSPS) is 12.8. The van der Waals surface area contributed by atoms with Gasteiger partial charge in [-0.25, -0.2) is 0 Å². The van der Waals surface area contributed by atoms with E-state index in [0.717, 1.165) is 18.5 Å². The molecule has 0 aliphatic heterocycles. The van der Waals surface area contributed by atoms with Crippen molar-refractivity contribution < 1.29 is 24.8 Å². The third kappa shape index (κ3) is 28.5. The lowest BCUT2D eigenvalue weighted by molar-refractivity contribution is 0.0284. The number of phenolic OH excluding ortho intramolecular Hbond substituents is 1. The van der Waals surface area contributed by atoms with Crippen molar-refractivity contribution in [3.05, 3.63) is 24.3 Å². The Morgan fingerprint density at radius 2 is 0.750 bits per heavy atom. The summed E-state index contributed by atoms with van der Waals surface area (Å²) in [6.45, 7) is 7.13. The number of rotatable bonds is 37. The molecule has 1 aromatic rings. The van der Waals surface area contributed by atoms with Crippen LogP contribution in [0.25, 0.3) is 0 Å². The van der Waals surface area contributed by atoms with Crippen LogP contribution in [0.2, 0.25) is 0 Å². The van der Waals surface area contributed by atoms with Gasteiger partial charge in [0.05, 0.1) is 25.4 Å². The van der Waals surface area contributed by atoms with Gasteiger partial charge >= 0.3 is 0 Å². The highest BCUT2D eigenvalue weighted by atomic mass is 16.5. The molecule has 0 bridgehead atoms. The van der Waals surface area contributed by atoms with Crippen molar-refractivity contribution in [2.75, 3.05) is 44.4 Å². The zero-order chi connectivity index (χ0) is 34.8. The van der Waals surface area contributed by atoms with Crippen molar-refractivity contribution in [1.29, 1.82) is 0 Å². The van der Waals surface area contributed by atoms with Crippen molar-refractivity contribution in [3.8, 4) is 5.75 Å². The molecule has 2 atom stereocenters. The van der Waals surface area contributed by atoms with Gasteiger partial charge < -0.3 is 29.7 Å². The van der Waals surface area contributed by atoms with Gasteiger partial charge in [0.1, 0.15) is 5.75 Å². The summed E-state index contributed by atoms with van der Waals surface area (Å²) in [4.78, 5) is 1.96. The average Bonchev–Trinajstić information content (AvgIpc) is 3.08. The van der Waals surface area contributed by atoms with Gasteiger partial charge in [0.2, 0.25) is 0 Å². The van der Waals surface area contributed by atoms with E-state index in [2.05, 4.69) is 13.8 Å². The number of aliphatic hydroxyl groups is 2. The number of aliphatic hydroxyl groups excluding tert-OH is 2. The first kappa shape index (κ1) is 44.7. The molecule has 48 heavy (non-hydrogen) atoms. The first-order valence-electron chi connectivity index (χ1n) is 20.6. The number of hydrogen-bond donors (Lipinski definition) is 3. The fraction of sp³-hybridized carbons (Fsp3) is 0.857. The quantitative estimate of drug-likeness (QED) is 0.0608. The number of ether oxygens (including phenoxy) is 2. The summed E-state index contributed by atoms with van der Waals surface area (Å²) < 4.78 is 11.6. The molecule has 0 spiro atoms. The Labute approximate surface area is 297 Å². The summed E-state index contributed by atoms with van der Waals surface area (Å²) in [5.74, 6) is 0.196. The van der Waals surface area contributed by atoms with Gasteiger partial charge in [0, 0.05) is 32.0 Å². The van der Waals surface area contributed by atoms with Crippen LogP contribution in [0.3, 0.4) is 0 Å². The maximum atomic E-state index is 10.7. The molecule has 1 rings (SSSR count). The van der Waals surface area contributed by atoms with Gasteiger partial charge in [-0.15, -0.1) is 0 Å². The molecule has 0 aliphatic carbocycles. The second kappa shape index (κ2) is 34.1. The molecule has 0 radical (unpaired) electrons. The molecule has 1 aromatic carbocycles. The molecule has 2 unspecified atom stereocenters. The van der Waals surface area contributed by atoms with Crippen LogP contribution >= 0.6 is 0 Å². The number of unbranched alkanes of at least 4 members (excludes halogenated alkanes) is 24. The molecule has 6 nitrogen and oxygen atoms in total. The smallest absolute Gasteiger partial charge is 0.115 e. The molecule has 0 fully saturated rings. The van der Waals surface area contributed by atoms with Crippen molar-refractivity contribution in [2.24, 2.45) is 0 Å². The number of aromatic hydroxyl groups is 1. The summed E-state index contributed by atoms with van der Waals surface area (Å²) >= 11 is 0. The molecule has 3 N–H and O–H groups in total. The van der Waals surface area contributed by atoms with Crippen molar-refractivity contribution in [3.63, 3.8) is 0 Å². The van der Waals surface area contributed by atoms with Crippen LogP contribution in [0.4, 0.5) is 5.69 Å². The lowest BCUT2D eigenvalue weighted by Gasteiger charge is -2.29. The molecule has 0 aromatic heterocycles. The largest absolute Gasteiger partial charge is 0.508 e. The molecular weight excluding hydrogens is 598 g/mol. The predicted octanol–water partition coefficient (Wildman–Crippen LogP) is 11.1. The number of hydrogen-bond acceptors (Lipinski definition) is 6. The van der Waals surface area contributed by atoms with Crippen LogP contribution in [-0.4, -0.2) is 67.0 Å². The average molecular weight is 678 g/mol. The fourth-order valence-electron chi connectivity index (χ4n) is 6.45. The van der Waals surface area contributed by atoms with Gasteiger partial charge in [0.15, 0.2) is 0 Å². The van der Waals surface area contributed by atoms with E-state index in [-0.39, 0.29) is 19.0 Å². The molecule has 0 saturated heterocycles. The number of nitrogens with zero attached hydrogens (tertiary/aromatic N) is 1. The summed E-state index contributed by atoms with van der Waals surface area (Å²) in [6, 6.07) is 6.91. The highest BCUT2D eigenvalue weighted by Crippen LogP contribution is 2.20. The van der Waals surface area contributed by atoms with E-state index in [4.69, 9.17) is 9.47 Å². The summed E-state index contributed by atoms with van der Waals surface area (Å²) in [5, 5.41) is 31.2. The molecule has 0 heterocycles. The highest BCUT2D eigenvalue weighted by molar-refractivity contribution is 5.49. The summed E-state index contributed by atoms with van der Waals surface area (Å²) in [7, 11) is 0. The second-order valence-electron chi connectivity index (χ2n) is 14.4. The minimum absolute atomic E-state index is 0.196. The maximum Gasteiger partial charge on any atom is 0.115 e. The Balaban J connectivity index is 2.12. The first-order chi connectivity index (χ1) is 23.6. The van der Waals surface area contributed by atoms with Gasteiger partial charge in [-0.2, -0.15) is 0 Å². The number of phenols is 1. The van der Waals surface area contributed by atoms with E-state index < -0.39 is 12.2 Å². The number of benzene rings is 1. The Kier molecular flexibility index (Phi) is 31.8. The first-order valence-corrected chi connectivity index (χ1v) is 20.6. The van der Waals surface area contributed by atoms with Gasteiger partial charge in [0.25, 0.3) is 0 Å². The van der Waals surface area contributed by atoms with Crippen molar-refractivity contribution in [1.82, 2.24) is 0 Å². The monoisotopic (exact) mass is 678 g/mol. The molecule has 0 aliphatic rings. The maximum absolute atomic E-state index is 10.7. The van der Waals surface area contributed by atoms with Crippen LogP contribution in [-0.2, 0) is 9.47 Å². The lowest BCUT2D eigenvalue weighted by atomic mass is 10.0. The topological polar surface area (TPSA) is 82.4 Å². The van der Waals surface area contributed by atoms with Crippen molar-refractivity contribution >= 4 is 5.69 Å². The second-order valence-corrected chi connectivity index (χ2v) is 14.4. The Morgan fingerprint density at radius 3 is 1.06 bits per heavy atom. The van der Waals surface area contributed by atoms with Gasteiger partial charge in [-0.1, -0.05) is 168 Å². The minimum atomic E-state index is -0.667. The van der Waals surface area contributed by atoms with E-state index in [1.807, 2.05) is 17.0 Å². The van der Waals surface area contributed by atoms with Gasteiger partial charge in [-0.3, -0.25) is 0 Å². The highest BCUT2D eigenvalue weighted by Gasteiger charge is 2.17. The van der Waals surface area contributed by atoms with Gasteiger partial charge in [-0.05, 0) is 37.1 Å². The third-order valence-corrected chi connectivity index (χ3v) is 9.48. The van der Waals surface area contributed by atoms with Crippen LogP contribution in [0.1, 0.15) is 181 Å². The molecular formula is C42H79NO5. The zero-order valence-electron chi connectivity index (χ0n) is 31.7. The molecule has 282 valence electrons. The Bertz CT molecular complexity index is 734. The molecule has 6 heteroatoms. The van der Waals surface area contributed by atoms with Crippen LogP contribution in [0.5, 0.6) is 5.75 Å². The van der Waals surface area contributed by atoms with Crippen molar-refractivity contribution in [2.45, 2.75) is 193 Å². The van der Waals surface area contributed by atoms with E-state index in [0.29, 0.717) is 26.3 Å². The van der Waals surface area contributed by atoms with E-state index in [9.17, 15) is 15.3 Å². The van der Waals surface area contributed by atoms with E-state index >= 15 is 0 Å². The Morgan fingerprint density at radius 1 is 0.458 bits per heavy atom. The van der Waals surface area contributed by atoms with Crippen LogP contribution in [0.15, 0.2) is 24.3 Å².